The Morgan fingerprint density at radius 2 is 2.00 bits per heavy atom. The van der Waals surface area contributed by atoms with Crippen molar-refractivity contribution in [2.24, 2.45) is 0 Å². The number of benzene rings is 1. The van der Waals surface area contributed by atoms with Gasteiger partial charge in [0, 0.05) is 5.02 Å². The minimum Gasteiger partial charge on any atom is -0.491 e. The molecule has 1 N–H and O–H groups in total. The summed E-state index contributed by atoms with van der Waals surface area (Å²) in [6.45, 7) is 6.65. The fourth-order valence-corrected chi connectivity index (χ4v) is 1.81. The lowest BCUT2D eigenvalue weighted by atomic mass is 9.87. The van der Waals surface area contributed by atoms with Crippen molar-refractivity contribution in [2.75, 3.05) is 13.2 Å². The van der Waals surface area contributed by atoms with Gasteiger partial charge < -0.3 is 9.84 Å². The van der Waals surface area contributed by atoms with Crippen LogP contribution < -0.4 is 4.74 Å². The number of aliphatic hydroxyl groups excluding tert-OH is 1. The van der Waals surface area contributed by atoms with Gasteiger partial charge in [-0.2, -0.15) is 0 Å². The molecule has 0 saturated carbocycles. The van der Waals surface area contributed by atoms with Gasteiger partial charge in [-0.3, -0.25) is 0 Å². The molecular weight excluding hydrogens is 212 g/mol. The van der Waals surface area contributed by atoms with Gasteiger partial charge in [-0.05, 0) is 23.1 Å². The average Bonchev–Trinajstić information content (AvgIpc) is 2.12. The van der Waals surface area contributed by atoms with Crippen LogP contribution in [0.4, 0.5) is 0 Å². The third-order valence-corrected chi connectivity index (χ3v) is 2.42. The standard InChI is InChI=1S/C12H17ClO2/c1-12(2,3)10-5-4-9(8-11(10)13)15-7-6-14/h4-5,8,14H,6-7H2,1-3H3. The van der Waals surface area contributed by atoms with Crippen LogP contribution in [-0.2, 0) is 5.41 Å². The Bertz CT molecular complexity index is 329. The van der Waals surface area contributed by atoms with Crippen molar-refractivity contribution < 1.29 is 9.84 Å². The van der Waals surface area contributed by atoms with Crippen LogP contribution in [0.15, 0.2) is 18.2 Å². The van der Waals surface area contributed by atoms with E-state index in [1.54, 1.807) is 6.07 Å². The highest BCUT2D eigenvalue weighted by atomic mass is 35.5. The molecule has 0 bridgehead atoms. The van der Waals surface area contributed by atoms with Crippen LogP contribution in [0.1, 0.15) is 26.3 Å². The molecule has 0 unspecified atom stereocenters. The monoisotopic (exact) mass is 228 g/mol. The van der Waals surface area contributed by atoms with E-state index in [1.165, 1.54) is 0 Å². The van der Waals surface area contributed by atoms with E-state index >= 15 is 0 Å². The molecule has 0 aliphatic heterocycles. The molecule has 0 spiro atoms. The second-order valence-electron chi connectivity index (χ2n) is 4.46. The van der Waals surface area contributed by atoms with E-state index in [0.29, 0.717) is 17.4 Å². The molecule has 0 aliphatic rings. The van der Waals surface area contributed by atoms with Crippen molar-refractivity contribution in [3.63, 3.8) is 0 Å². The Labute approximate surface area is 95.8 Å². The van der Waals surface area contributed by atoms with Crippen LogP contribution in [0.5, 0.6) is 5.75 Å². The van der Waals surface area contributed by atoms with Gasteiger partial charge in [0.15, 0.2) is 0 Å². The van der Waals surface area contributed by atoms with Gasteiger partial charge in [0.2, 0.25) is 0 Å². The number of hydrogen-bond acceptors (Lipinski definition) is 2. The minimum absolute atomic E-state index is 0.0125. The maximum absolute atomic E-state index is 8.62. The molecule has 0 fully saturated rings. The van der Waals surface area contributed by atoms with Gasteiger partial charge in [-0.15, -0.1) is 0 Å². The molecule has 1 rings (SSSR count). The zero-order valence-electron chi connectivity index (χ0n) is 9.38. The Hall–Kier alpha value is -0.730. The SMILES string of the molecule is CC(C)(C)c1ccc(OCCO)cc1Cl. The average molecular weight is 229 g/mol. The van der Waals surface area contributed by atoms with Crippen molar-refractivity contribution in [3.05, 3.63) is 28.8 Å². The van der Waals surface area contributed by atoms with Crippen molar-refractivity contribution in [1.29, 1.82) is 0 Å². The third kappa shape index (κ3) is 3.40. The maximum Gasteiger partial charge on any atom is 0.120 e. The van der Waals surface area contributed by atoms with Gasteiger partial charge in [0.25, 0.3) is 0 Å². The molecule has 15 heavy (non-hydrogen) atoms. The van der Waals surface area contributed by atoms with E-state index in [1.807, 2.05) is 12.1 Å². The van der Waals surface area contributed by atoms with Gasteiger partial charge >= 0.3 is 0 Å². The smallest absolute Gasteiger partial charge is 0.120 e. The zero-order valence-corrected chi connectivity index (χ0v) is 10.1. The summed E-state index contributed by atoms with van der Waals surface area (Å²) in [5.41, 5.74) is 1.13. The van der Waals surface area contributed by atoms with E-state index in [-0.39, 0.29) is 12.0 Å². The first-order valence-electron chi connectivity index (χ1n) is 4.99. The summed E-state index contributed by atoms with van der Waals surface area (Å²) in [6, 6.07) is 5.63. The molecule has 0 aromatic heterocycles. The second kappa shape index (κ2) is 4.86. The van der Waals surface area contributed by atoms with Gasteiger partial charge in [-0.1, -0.05) is 38.4 Å². The molecule has 1 aromatic carbocycles. The molecule has 2 nitrogen and oxygen atoms in total. The molecule has 0 aliphatic carbocycles. The van der Waals surface area contributed by atoms with Crippen LogP contribution in [0, 0.1) is 0 Å². The van der Waals surface area contributed by atoms with Crippen LogP contribution in [0.25, 0.3) is 0 Å². The summed E-state index contributed by atoms with van der Waals surface area (Å²) in [5.74, 6) is 0.696. The quantitative estimate of drug-likeness (QED) is 0.862. The van der Waals surface area contributed by atoms with E-state index in [4.69, 9.17) is 21.4 Å². The summed E-state index contributed by atoms with van der Waals surface area (Å²) in [7, 11) is 0. The number of ether oxygens (including phenoxy) is 1. The summed E-state index contributed by atoms with van der Waals surface area (Å²) in [5, 5.41) is 9.33. The molecular formula is C12H17ClO2. The predicted octanol–water partition coefficient (Wildman–Crippen LogP) is 3.01. The van der Waals surface area contributed by atoms with Gasteiger partial charge in [0.1, 0.15) is 12.4 Å². The highest BCUT2D eigenvalue weighted by Gasteiger charge is 2.17. The van der Waals surface area contributed by atoms with E-state index in [0.717, 1.165) is 5.56 Å². The van der Waals surface area contributed by atoms with Crippen molar-refractivity contribution >= 4 is 11.6 Å². The number of halogens is 1. The summed E-state index contributed by atoms with van der Waals surface area (Å²) < 4.78 is 5.27. The largest absolute Gasteiger partial charge is 0.491 e. The normalized spacial score (nSPS) is 11.5. The van der Waals surface area contributed by atoms with E-state index < -0.39 is 0 Å². The fourth-order valence-electron chi connectivity index (χ4n) is 1.36. The van der Waals surface area contributed by atoms with E-state index in [9.17, 15) is 0 Å². The highest BCUT2D eigenvalue weighted by Crippen LogP contribution is 2.31. The van der Waals surface area contributed by atoms with Gasteiger partial charge in [-0.25, -0.2) is 0 Å². The second-order valence-corrected chi connectivity index (χ2v) is 4.87. The Kier molecular flexibility index (Phi) is 4.00. The van der Waals surface area contributed by atoms with Crippen LogP contribution in [0.3, 0.4) is 0 Å². The minimum atomic E-state index is 0.0125. The lowest BCUT2D eigenvalue weighted by Crippen LogP contribution is -2.12. The molecule has 0 heterocycles. The lowest BCUT2D eigenvalue weighted by Gasteiger charge is -2.21. The summed E-state index contributed by atoms with van der Waals surface area (Å²) >= 11 is 6.15. The molecule has 0 radical (unpaired) electrons. The van der Waals surface area contributed by atoms with Crippen LogP contribution in [0.2, 0.25) is 5.02 Å². The Balaban J connectivity index is 2.89. The number of aliphatic hydroxyl groups is 1. The number of rotatable bonds is 3. The maximum atomic E-state index is 8.62. The Morgan fingerprint density at radius 3 is 2.47 bits per heavy atom. The first-order valence-corrected chi connectivity index (χ1v) is 5.36. The molecule has 1 aromatic rings. The zero-order chi connectivity index (χ0) is 11.5. The van der Waals surface area contributed by atoms with E-state index in [2.05, 4.69) is 20.8 Å². The Morgan fingerprint density at radius 1 is 1.33 bits per heavy atom. The molecule has 3 heteroatoms. The predicted molar refractivity (Wildman–Crippen MR) is 62.7 cm³/mol. The first kappa shape index (κ1) is 12.3. The molecule has 0 amide bonds. The summed E-state index contributed by atoms with van der Waals surface area (Å²) in [6.07, 6.45) is 0. The first-order chi connectivity index (χ1) is 6.95. The topological polar surface area (TPSA) is 29.5 Å². The van der Waals surface area contributed by atoms with Gasteiger partial charge in [0.05, 0.1) is 6.61 Å². The van der Waals surface area contributed by atoms with Crippen molar-refractivity contribution in [1.82, 2.24) is 0 Å². The van der Waals surface area contributed by atoms with Crippen LogP contribution in [-0.4, -0.2) is 18.3 Å². The third-order valence-electron chi connectivity index (χ3n) is 2.11. The number of hydrogen-bond donors (Lipinski definition) is 1. The van der Waals surface area contributed by atoms with Crippen molar-refractivity contribution in [3.8, 4) is 5.75 Å². The van der Waals surface area contributed by atoms with Crippen molar-refractivity contribution in [2.45, 2.75) is 26.2 Å². The molecule has 0 saturated heterocycles. The lowest BCUT2D eigenvalue weighted by molar-refractivity contribution is 0.201. The van der Waals surface area contributed by atoms with Crippen LogP contribution >= 0.6 is 11.6 Å². The summed E-state index contributed by atoms with van der Waals surface area (Å²) in [4.78, 5) is 0. The fraction of sp³-hybridized carbons (Fsp3) is 0.500. The molecule has 0 atom stereocenters. The molecule has 84 valence electrons. The highest BCUT2D eigenvalue weighted by molar-refractivity contribution is 6.31.